The van der Waals surface area contributed by atoms with Crippen LogP contribution < -0.4 is 10.6 Å². The Morgan fingerprint density at radius 2 is 1.76 bits per heavy atom. The zero-order valence-electron chi connectivity index (χ0n) is 11.7. The van der Waals surface area contributed by atoms with Gasteiger partial charge in [-0.1, -0.05) is 33.8 Å². The molecule has 1 aromatic rings. The average molecular weight is 235 g/mol. The summed E-state index contributed by atoms with van der Waals surface area (Å²) in [6, 6.07) is 6.02. The van der Waals surface area contributed by atoms with E-state index in [2.05, 4.69) is 50.2 Å². The second kappa shape index (κ2) is 5.89. The molecule has 1 atom stereocenters. The monoisotopic (exact) mass is 235 g/mol. The lowest BCUT2D eigenvalue weighted by Gasteiger charge is -2.27. The third kappa shape index (κ3) is 4.63. The Bertz CT molecular complexity index is 342. The number of aromatic nitrogens is 1. The van der Waals surface area contributed by atoms with Crippen LogP contribution in [0, 0.1) is 11.3 Å². The zero-order chi connectivity index (χ0) is 12.9. The quantitative estimate of drug-likeness (QED) is 0.818. The number of rotatable bonds is 5. The van der Waals surface area contributed by atoms with Crippen LogP contribution in [-0.4, -0.2) is 18.1 Å². The smallest absolute Gasteiger partial charge is 0.128 e. The third-order valence-corrected chi connectivity index (χ3v) is 3.17. The Kier molecular flexibility index (Phi) is 4.79. The van der Waals surface area contributed by atoms with Gasteiger partial charge in [-0.05, 0) is 30.4 Å². The molecule has 0 aliphatic heterocycles. The molecule has 0 radical (unpaired) electrons. The molecule has 3 nitrogen and oxygen atoms in total. The van der Waals surface area contributed by atoms with Gasteiger partial charge in [-0.2, -0.15) is 0 Å². The fourth-order valence-corrected chi connectivity index (χ4v) is 1.38. The number of anilines is 2. The van der Waals surface area contributed by atoms with Crippen LogP contribution in [0.3, 0.4) is 0 Å². The maximum atomic E-state index is 4.49. The minimum atomic E-state index is 0.326. The summed E-state index contributed by atoms with van der Waals surface area (Å²) in [7, 11) is 0. The molecular formula is C14H25N3. The molecule has 1 heterocycles. The number of hydrogen-bond donors (Lipinski definition) is 2. The van der Waals surface area contributed by atoms with Crippen molar-refractivity contribution < 1.29 is 0 Å². The summed E-state index contributed by atoms with van der Waals surface area (Å²) in [6.07, 6.45) is 0. The van der Waals surface area contributed by atoms with Crippen LogP contribution in [0.15, 0.2) is 18.2 Å². The second-order valence-electron chi connectivity index (χ2n) is 5.59. The minimum absolute atomic E-state index is 0.326. The first-order valence-electron chi connectivity index (χ1n) is 6.38. The Labute approximate surface area is 105 Å². The summed E-state index contributed by atoms with van der Waals surface area (Å²) in [4.78, 5) is 4.49. The lowest BCUT2D eigenvalue weighted by atomic mass is 9.82. The Hall–Kier alpha value is -1.25. The maximum absolute atomic E-state index is 4.49. The molecule has 0 aromatic carbocycles. The molecule has 0 fully saturated rings. The SMILES string of the molecule is CCNc1cccc(NCC(C)C(C)(C)C)n1. The molecule has 0 aliphatic rings. The van der Waals surface area contributed by atoms with Gasteiger partial charge in [-0.25, -0.2) is 4.98 Å². The summed E-state index contributed by atoms with van der Waals surface area (Å²) >= 11 is 0. The first kappa shape index (κ1) is 13.8. The van der Waals surface area contributed by atoms with E-state index in [1.54, 1.807) is 0 Å². The van der Waals surface area contributed by atoms with E-state index in [9.17, 15) is 0 Å². The van der Waals surface area contributed by atoms with Crippen LogP contribution in [-0.2, 0) is 0 Å². The van der Waals surface area contributed by atoms with E-state index in [4.69, 9.17) is 0 Å². The number of nitrogens with zero attached hydrogens (tertiary/aromatic N) is 1. The van der Waals surface area contributed by atoms with Gasteiger partial charge < -0.3 is 10.6 Å². The van der Waals surface area contributed by atoms with E-state index >= 15 is 0 Å². The van der Waals surface area contributed by atoms with Crippen LogP contribution in [0.2, 0.25) is 0 Å². The molecular weight excluding hydrogens is 210 g/mol. The van der Waals surface area contributed by atoms with Crippen LogP contribution in [0.5, 0.6) is 0 Å². The third-order valence-electron chi connectivity index (χ3n) is 3.17. The first-order valence-corrected chi connectivity index (χ1v) is 6.38. The van der Waals surface area contributed by atoms with Gasteiger partial charge >= 0.3 is 0 Å². The van der Waals surface area contributed by atoms with Crippen molar-refractivity contribution >= 4 is 11.6 Å². The van der Waals surface area contributed by atoms with Gasteiger partial charge in [-0.15, -0.1) is 0 Å². The lowest BCUT2D eigenvalue weighted by molar-refractivity contribution is 0.274. The molecule has 1 rings (SSSR count). The molecule has 3 heteroatoms. The van der Waals surface area contributed by atoms with E-state index in [1.807, 2.05) is 18.2 Å². The standard InChI is InChI=1S/C14H25N3/c1-6-15-12-8-7-9-13(17-12)16-10-11(2)14(3,4)5/h7-9,11H,6,10H2,1-5H3,(H2,15,16,17). The molecule has 96 valence electrons. The Balaban J connectivity index is 2.54. The highest BCUT2D eigenvalue weighted by Crippen LogP contribution is 2.25. The fraction of sp³-hybridized carbons (Fsp3) is 0.643. The Morgan fingerprint density at radius 3 is 2.29 bits per heavy atom. The van der Waals surface area contributed by atoms with Gasteiger partial charge in [0, 0.05) is 13.1 Å². The molecule has 0 aliphatic carbocycles. The van der Waals surface area contributed by atoms with E-state index < -0.39 is 0 Å². The van der Waals surface area contributed by atoms with Gasteiger partial charge in [0.15, 0.2) is 0 Å². The van der Waals surface area contributed by atoms with Crippen molar-refractivity contribution in [1.82, 2.24) is 4.98 Å². The molecule has 0 amide bonds. The molecule has 0 saturated heterocycles. The van der Waals surface area contributed by atoms with E-state index in [-0.39, 0.29) is 0 Å². The van der Waals surface area contributed by atoms with Gasteiger partial charge in [0.05, 0.1) is 0 Å². The van der Waals surface area contributed by atoms with E-state index in [0.29, 0.717) is 11.3 Å². The first-order chi connectivity index (χ1) is 7.93. The van der Waals surface area contributed by atoms with Crippen molar-refractivity contribution in [2.45, 2.75) is 34.6 Å². The maximum Gasteiger partial charge on any atom is 0.128 e. The highest BCUT2D eigenvalue weighted by molar-refractivity contribution is 5.44. The molecule has 0 spiro atoms. The second-order valence-corrected chi connectivity index (χ2v) is 5.59. The van der Waals surface area contributed by atoms with Gasteiger partial charge in [-0.3, -0.25) is 0 Å². The molecule has 17 heavy (non-hydrogen) atoms. The predicted molar refractivity (Wildman–Crippen MR) is 75.5 cm³/mol. The molecule has 0 bridgehead atoms. The van der Waals surface area contributed by atoms with Gasteiger partial charge in [0.2, 0.25) is 0 Å². The molecule has 1 aromatic heterocycles. The summed E-state index contributed by atoms with van der Waals surface area (Å²) in [5.74, 6) is 2.48. The van der Waals surface area contributed by atoms with Gasteiger partial charge in [0.25, 0.3) is 0 Å². The van der Waals surface area contributed by atoms with Crippen LogP contribution in [0.1, 0.15) is 34.6 Å². The normalized spacial score (nSPS) is 13.2. The summed E-state index contributed by atoms with van der Waals surface area (Å²) in [5, 5.41) is 6.61. The van der Waals surface area contributed by atoms with Gasteiger partial charge in [0.1, 0.15) is 11.6 Å². The van der Waals surface area contributed by atoms with Crippen molar-refractivity contribution in [2.24, 2.45) is 11.3 Å². The average Bonchev–Trinajstić information content (AvgIpc) is 2.25. The minimum Gasteiger partial charge on any atom is -0.370 e. The summed E-state index contributed by atoms with van der Waals surface area (Å²) in [6.45, 7) is 13.0. The van der Waals surface area contributed by atoms with Crippen molar-refractivity contribution in [3.63, 3.8) is 0 Å². The number of hydrogen-bond acceptors (Lipinski definition) is 3. The largest absolute Gasteiger partial charge is 0.370 e. The topological polar surface area (TPSA) is 37.0 Å². The molecule has 1 unspecified atom stereocenters. The lowest BCUT2D eigenvalue weighted by Crippen LogP contribution is -2.25. The predicted octanol–water partition coefficient (Wildman–Crippen LogP) is 3.61. The summed E-state index contributed by atoms with van der Waals surface area (Å²) < 4.78 is 0. The summed E-state index contributed by atoms with van der Waals surface area (Å²) in [5.41, 5.74) is 0.326. The van der Waals surface area contributed by atoms with E-state index in [0.717, 1.165) is 24.7 Å². The zero-order valence-corrected chi connectivity index (χ0v) is 11.7. The van der Waals surface area contributed by atoms with Crippen LogP contribution in [0.25, 0.3) is 0 Å². The highest BCUT2D eigenvalue weighted by Gasteiger charge is 2.19. The number of nitrogens with one attached hydrogen (secondary N) is 2. The van der Waals surface area contributed by atoms with Crippen LogP contribution >= 0.6 is 0 Å². The van der Waals surface area contributed by atoms with Crippen molar-refractivity contribution in [1.29, 1.82) is 0 Å². The number of pyridine rings is 1. The highest BCUT2D eigenvalue weighted by atomic mass is 15.1. The van der Waals surface area contributed by atoms with Crippen molar-refractivity contribution in [3.8, 4) is 0 Å². The Morgan fingerprint density at radius 1 is 1.18 bits per heavy atom. The van der Waals surface area contributed by atoms with Crippen LogP contribution in [0.4, 0.5) is 11.6 Å². The van der Waals surface area contributed by atoms with E-state index in [1.165, 1.54) is 0 Å². The molecule has 2 N–H and O–H groups in total. The fourth-order valence-electron chi connectivity index (χ4n) is 1.38. The van der Waals surface area contributed by atoms with Crippen molar-refractivity contribution in [3.05, 3.63) is 18.2 Å². The molecule has 0 saturated carbocycles. The van der Waals surface area contributed by atoms with Crippen molar-refractivity contribution in [2.75, 3.05) is 23.7 Å².